The number of fused-ring (bicyclic) bond motifs is 1. The Bertz CT molecular complexity index is 973. The van der Waals surface area contributed by atoms with Crippen LogP contribution in [-0.2, 0) is 0 Å². The zero-order valence-corrected chi connectivity index (χ0v) is 14.7. The summed E-state index contributed by atoms with van der Waals surface area (Å²) in [5, 5.41) is 14.1. The van der Waals surface area contributed by atoms with E-state index in [0.29, 0.717) is 24.8 Å². The molecule has 1 aliphatic heterocycles. The summed E-state index contributed by atoms with van der Waals surface area (Å²) in [7, 11) is 0. The molecular weight excluding hydrogens is 344 g/mol. The van der Waals surface area contributed by atoms with Gasteiger partial charge in [0.1, 0.15) is 13.2 Å². The van der Waals surface area contributed by atoms with E-state index in [1.807, 2.05) is 49.4 Å². The summed E-state index contributed by atoms with van der Waals surface area (Å²) >= 11 is 0. The molecule has 7 nitrogen and oxygen atoms in total. The number of rotatable bonds is 4. The van der Waals surface area contributed by atoms with Gasteiger partial charge in [-0.15, -0.1) is 10.2 Å². The predicted octanol–water partition coefficient (Wildman–Crippen LogP) is 3.55. The third-order valence-electron chi connectivity index (χ3n) is 4.11. The quantitative estimate of drug-likeness (QED) is 0.738. The standard InChI is InChI=1S/C20H18N4O3/c1-13-4-2-3-5-15(13)22-20(25)16-7-9-19(24-23-16)21-14-6-8-17-18(12-14)27-11-10-26-17/h2-9,12H,10-11H2,1H3,(H,21,24)(H,22,25). The summed E-state index contributed by atoms with van der Waals surface area (Å²) in [6, 6.07) is 16.5. The zero-order valence-electron chi connectivity index (χ0n) is 14.7. The number of anilines is 3. The first-order chi connectivity index (χ1) is 13.2. The lowest BCUT2D eigenvalue weighted by atomic mass is 10.2. The van der Waals surface area contributed by atoms with Crippen LogP contribution in [0.2, 0.25) is 0 Å². The van der Waals surface area contributed by atoms with Crippen LogP contribution < -0.4 is 20.1 Å². The number of amides is 1. The van der Waals surface area contributed by atoms with Crippen molar-refractivity contribution < 1.29 is 14.3 Å². The van der Waals surface area contributed by atoms with E-state index in [9.17, 15) is 4.79 Å². The molecule has 2 N–H and O–H groups in total. The predicted molar refractivity (Wildman–Crippen MR) is 102 cm³/mol. The number of hydrogen-bond acceptors (Lipinski definition) is 6. The molecule has 27 heavy (non-hydrogen) atoms. The molecule has 3 aromatic rings. The number of nitrogens with zero attached hydrogens (tertiary/aromatic N) is 2. The molecule has 2 heterocycles. The maximum atomic E-state index is 12.3. The van der Waals surface area contributed by atoms with Crippen LogP contribution in [0.1, 0.15) is 16.1 Å². The molecule has 0 saturated heterocycles. The smallest absolute Gasteiger partial charge is 0.276 e. The lowest BCUT2D eigenvalue weighted by Gasteiger charge is -2.19. The van der Waals surface area contributed by atoms with E-state index in [-0.39, 0.29) is 11.6 Å². The second kappa shape index (κ2) is 7.33. The van der Waals surface area contributed by atoms with Crippen LogP contribution in [0.15, 0.2) is 54.6 Å². The van der Waals surface area contributed by atoms with E-state index < -0.39 is 0 Å². The van der Waals surface area contributed by atoms with Crippen molar-refractivity contribution in [2.75, 3.05) is 23.8 Å². The van der Waals surface area contributed by atoms with Gasteiger partial charge in [0.2, 0.25) is 0 Å². The van der Waals surface area contributed by atoms with E-state index in [1.54, 1.807) is 12.1 Å². The largest absolute Gasteiger partial charge is 0.486 e. The van der Waals surface area contributed by atoms with Gasteiger partial charge in [0.15, 0.2) is 23.0 Å². The average Bonchev–Trinajstić information content (AvgIpc) is 2.70. The van der Waals surface area contributed by atoms with Crippen LogP contribution in [0.4, 0.5) is 17.2 Å². The van der Waals surface area contributed by atoms with Crippen molar-refractivity contribution in [3.05, 3.63) is 65.9 Å². The summed E-state index contributed by atoms with van der Waals surface area (Å²) in [5.74, 6) is 1.64. The Labute approximate surface area is 156 Å². The molecular formula is C20H18N4O3. The van der Waals surface area contributed by atoms with Crippen molar-refractivity contribution in [2.24, 2.45) is 0 Å². The first-order valence-corrected chi connectivity index (χ1v) is 8.56. The number of ether oxygens (including phenoxy) is 2. The molecule has 1 aliphatic rings. The lowest BCUT2D eigenvalue weighted by Crippen LogP contribution is -2.15. The Morgan fingerprint density at radius 2 is 1.78 bits per heavy atom. The minimum atomic E-state index is -0.303. The molecule has 0 bridgehead atoms. The summed E-state index contributed by atoms with van der Waals surface area (Å²) in [5.41, 5.74) is 2.77. The van der Waals surface area contributed by atoms with Crippen LogP contribution in [0.25, 0.3) is 0 Å². The number of hydrogen-bond donors (Lipinski definition) is 2. The Hall–Kier alpha value is -3.61. The molecule has 0 unspecified atom stereocenters. The third-order valence-corrected chi connectivity index (χ3v) is 4.11. The van der Waals surface area contributed by atoms with Crippen molar-refractivity contribution in [3.8, 4) is 11.5 Å². The summed E-state index contributed by atoms with van der Waals surface area (Å²) in [6.07, 6.45) is 0. The van der Waals surface area contributed by atoms with Crippen LogP contribution in [0, 0.1) is 6.92 Å². The van der Waals surface area contributed by atoms with E-state index in [4.69, 9.17) is 9.47 Å². The maximum Gasteiger partial charge on any atom is 0.276 e. The Morgan fingerprint density at radius 1 is 0.963 bits per heavy atom. The number of nitrogens with one attached hydrogen (secondary N) is 2. The van der Waals surface area contributed by atoms with Gasteiger partial charge in [-0.3, -0.25) is 4.79 Å². The first kappa shape index (κ1) is 16.8. The van der Waals surface area contributed by atoms with Crippen LogP contribution in [-0.4, -0.2) is 29.3 Å². The van der Waals surface area contributed by atoms with Crippen molar-refractivity contribution in [3.63, 3.8) is 0 Å². The Morgan fingerprint density at radius 3 is 2.56 bits per heavy atom. The van der Waals surface area contributed by atoms with Gasteiger partial charge in [-0.25, -0.2) is 0 Å². The molecule has 0 atom stereocenters. The van der Waals surface area contributed by atoms with Crippen LogP contribution in [0.5, 0.6) is 11.5 Å². The highest BCUT2D eigenvalue weighted by Gasteiger charge is 2.13. The number of carbonyl (C=O) groups is 1. The molecule has 0 radical (unpaired) electrons. The highest BCUT2D eigenvalue weighted by molar-refractivity contribution is 6.03. The van der Waals surface area contributed by atoms with Gasteiger partial charge in [-0.2, -0.15) is 0 Å². The molecule has 0 aliphatic carbocycles. The molecule has 0 saturated carbocycles. The second-order valence-corrected chi connectivity index (χ2v) is 6.06. The number of benzene rings is 2. The van der Waals surface area contributed by atoms with Crippen molar-refractivity contribution in [2.45, 2.75) is 6.92 Å². The SMILES string of the molecule is Cc1ccccc1NC(=O)c1ccc(Nc2ccc3c(c2)OCCO3)nn1. The molecule has 136 valence electrons. The van der Waals surface area contributed by atoms with E-state index in [2.05, 4.69) is 20.8 Å². The van der Waals surface area contributed by atoms with Crippen molar-refractivity contribution in [1.82, 2.24) is 10.2 Å². The van der Waals surface area contributed by atoms with E-state index >= 15 is 0 Å². The molecule has 0 fully saturated rings. The minimum Gasteiger partial charge on any atom is -0.486 e. The highest BCUT2D eigenvalue weighted by atomic mass is 16.6. The van der Waals surface area contributed by atoms with Gasteiger partial charge in [-0.05, 0) is 42.8 Å². The topological polar surface area (TPSA) is 85.4 Å². The molecule has 0 spiro atoms. The number of aromatic nitrogens is 2. The fourth-order valence-electron chi connectivity index (χ4n) is 2.69. The average molecular weight is 362 g/mol. The Kier molecular flexibility index (Phi) is 4.57. The molecule has 7 heteroatoms. The van der Waals surface area contributed by atoms with E-state index in [0.717, 1.165) is 22.7 Å². The van der Waals surface area contributed by atoms with Crippen LogP contribution >= 0.6 is 0 Å². The zero-order chi connectivity index (χ0) is 18.6. The molecule has 2 aromatic carbocycles. The van der Waals surface area contributed by atoms with Gasteiger partial charge in [0.05, 0.1) is 0 Å². The number of para-hydroxylation sites is 1. The number of aryl methyl sites for hydroxylation is 1. The fraction of sp³-hybridized carbons (Fsp3) is 0.150. The number of carbonyl (C=O) groups excluding carboxylic acids is 1. The second-order valence-electron chi connectivity index (χ2n) is 6.06. The van der Waals surface area contributed by atoms with Crippen molar-refractivity contribution in [1.29, 1.82) is 0 Å². The maximum absolute atomic E-state index is 12.3. The summed E-state index contributed by atoms with van der Waals surface area (Å²) in [6.45, 7) is 3.01. The van der Waals surface area contributed by atoms with Gasteiger partial charge in [0, 0.05) is 17.4 Å². The normalized spacial score (nSPS) is 12.3. The summed E-state index contributed by atoms with van der Waals surface area (Å²) < 4.78 is 11.1. The monoisotopic (exact) mass is 362 g/mol. The van der Waals surface area contributed by atoms with Gasteiger partial charge >= 0.3 is 0 Å². The van der Waals surface area contributed by atoms with Gasteiger partial charge in [0.25, 0.3) is 5.91 Å². The van der Waals surface area contributed by atoms with Gasteiger partial charge in [-0.1, -0.05) is 18.2 Å². The van der Waals surface area contributed by atoms with Crippen LogP contribution in [0.3, 0.4) is 0 Å². The van der Waals surface area contributed by atoms with E-state index in [1.165, 1.54) is 0 Å². The molecule has 4 rings (SSSR count). The molecule has 1 aromatic heterocycles. The fourth-order valence-corrected chi connectivity index (χ4v) is 2.69. The Balaban J connectivity index is 1.44. The third kappa shape index (κ3) is 3.82. The minimum absolute atomic E-state index is 0.242. The van der Waals surface area contributed by atoms with Gasteiger partial charge < -0.3 is 20.1 Å². The highest BCUT2D eigenvalue weighted by Crippen LogP contribution is 2.33. The lowest BCUT2D eigenvalue weighted by molar-refractivity contribution is 0.102. The summed E-state index contributed by atoms with van der Waals surface area (Å²) in [4.78, 5) is 12.3. The molecule has 1 amide bonds. The van der Waals surface area contributed by atoms with Crippen molar-refractivity contribution >= 4 is 23.1 Å². The first-order valence-electron chi connectivity index (χ1n) is 8.56.